The summed E-state index contributed by atoms with van der Waals surface area (Å²) < 4.78 is 5.46. The van der Waals surface area contributed by atoms with Crippen LogP contribution in [0, 0.1) is 29.6 Å². The number of nitrogens with two attached hydrogens (primary N) is 1. The summed E-state index contributed by atoms with van der Waals surface area (Å²) >= 11 is 0. The van der Waals surface area contributed by atoms with Gasteiger partial charge in [0.05, 0.1) is 7.11 Å². The zero-order valence-corrected chi connectivity index (χ0v) is 10.9. The number of ether oxygens (including phenoxy) is 1. The van der Waals surface area contributed by atoms with Crippen molar-refractivity contribution in [3.63, 3.8) is 0 Å². The molecule has 2 bridgehead atoms. The van der Waals surface area contributed by atoms with Crippen LogP contribution in [0.3, 0.4) is 0 Å². The molecule has 18 heavy (non-hydrogen) atoms. The molecule has 4 rings (SSSR count). The minimum atomic E-state index is 0.180. The van der Waals surface area contributed by atoms with E-state index in [4.69, 9.17) is 10.5 Å². The smallest absolute Gasteiger partial charge is 0.123 e. The van der Waals surface area contributed by atoms with Crippen molar-refractivity contribution in [2.24, 2.45) is 35.3 Å². The van der Waals surface area contributed by atoms with Gasteiger partial charge in [0, 0.05) is 11.6 Å². The van der Waals surface area contributed by atoms with Crippen LogP contribution in [-0.2, 0) is 0 Å². The van der Waals surface area contributed by atoms with Crippen molar-refractivity contribution in [2.45, 2.75) is 25.3 Å². The van der Waals surface area contributed by atoms with E-state index in [0.29, 0.717) is 0 Å². The lowest BCUT2D eigenvalue weighted by Crippen LogP contribution is -2.18. The molecule has 0 aromatic heterocycles. The third-order valence-electron chi connectivity index (χ3n) is 5.71. The van der Waals surface area contributed by atoms with Gasteiger partial charge in [0.25, 0.3) is 0 Å². The molecule has 0 amide bonds. The molecule has 3 aliphatic rings. The van der Waals surface area contributed by atoms with Crippen LogP contribution >= 0.6 is 0 Å². The van der Waals surface area contributed by atoms with E-state index in [1.165, 1.54) is 24.8 Å². The Morgan fingerprint density at radius 1 is 1.17 bits per heavy atom. The van der Waals surface area contributed by atoms with Crippen LogP contribution in [0.5, 0.6) is 5.75 Å². The summed E-state index contributed by atoms with van der Waals surface area (Å²) in [7, 11) is 1.74. The van der Waals surface area contributed by atoms with Gasteiger partial charge < -0.3 is 10.5 Å². The first-order valence-electron chi connectivity index (χ1n) is 7.19. The molecule has 1 aromatic rings. The fraction of sp³-hybridized carbons (Fsp3) is 0.625. The number of fused-ring (bicyclic) bond motifs is 5. The molecular weight excluding hydrogens is 222 g/mol. The second kappa shape index (κ2) is 3.74. The molecule has 2 nitrogen and oxygen atoms in total. The van der Waals surface area contributed by atoms with Crippen LogP contribution in [0.4, 0.5) is 0 Å². The van der Waals surface area contributed by atoms with Gasteiger partial charge in [0.2, 0.25) is 0 Å². The van der Waals surface area contributed by atoms with Gasteiger partial charge in [-0.25, -0.2) is 0 Å². The first-order valence-corrected chi connectivity index (χ1v) is 7.19. The molecule has 2 heteroatoms. The van der Waals surface area contributed by atoms with Crippen molar-refractivity contribution in [1.29, 1.82) is 0 Å². The lowest BCUT2D eigenvalue weighted by molar-refractivity contribution is 0.384. The van der Waals surface area contributed by atoms with Crippen LogP contribution < -0.4 is 10.5 Å². The van der Waals surface area contributed by atoms with Gasteiger partial charge in [-0.05, 0) is 54.9 Å². The van der Waals surface area contributed by atoms with Crippen LogP contribution in [0.2, 0.25) is 0 Å². The van der Waals surface area contributed by atoms with E-state index in [9.17, 15) is 0 Å². The molecule has 3 saturated carbocycles. The van der Waals surface area contributed by atoms with Gasteiger partial charge >= 0.3 is 0 Å². The molecule has 0 radical (unpaired) electrons. The fourth-order valence-electron chi connectivity index (χ4n) is 5.02. The zero-order chi connectivity index (χ0) is 12.3. The molecule has 0 spiro atoms. The number of rotatable bonds is 3. The quantitative estimate of drug-likeness (QED) is 0.885. The fourth-order valence-corrected chi connectivity index (χ4v) is 5.02. The standard InChI is InChI=1S/C16H21NO/c1-18-12-5-3-2-4-11(12)16(17)15-13-9-6-7-10(8-9)14(13)15/h2-5,9-10,13-16H,6-8,17H2,1H3. The number of benzene rings is 1. The molecule has 5 atom stereocenters. The number of hydrogen-bond acceptors (Lipinski definition) is 2. The average Bonchev–Trinajstić information content (AvgIpc) is 2.85. The van der Waals surface area contributed by atoms with Gasteiger partial charge in [0.15, 0.2) is 0 Å². The monoisotopic (exact) mass is 243 g/mol. The summed E-state index contributed by atoms with van der Waals surface area (Å²) in [5.74, 6) is 5.54. The highest BCUT2D eigenvalue weighted by Gasteiger charge is 2.66. The molecule has 0 heterocycles. The molecular formula is C16H21NO. The third-order valence-corrected chi connectivity index (χ3v) is 5.71. The average molecular weight is 243 g/mol. The molecule has 5 unspecified atom stereocenters. The summed E-state index contributed by atoms with van der Waals surface area (Å²) in [5.41, 5.74) is 7.75. The van der Waals surface area contributed by atoms with Crippen LogP contribution in [-0.4, -0.2) is 7.11 Å². The maximum Gasteiger partial charge on any atom is 0.123 e. The summed E-state index contributed by atoms with van der Waals surface area (Å²) in [6.07, 6.45) is 4.41. The number of hydrogen-bond donors (Lipinski definition) is 1. The first-order chi connectivity index (χ1) is 8.81. The SMILES string of the molecule is COc1ccccc1C(N)C1C2C3CCC(C3)C21. The topological polar surface area (TPSA) is 35.2 Å². The van der Waals surface area contributed by atoms with E-state index in [1.54, 1.807) is 7.11 Å². The van der Waals surface area contributed by atoms with Gasteiger partial charge in [-0.15, -0.1) is 0 Å². The van der Waals surface area contributed by atoms with Gasteiger partial charge in [0.1, 0.15) is 5.75 Å². The normalized spacial score (nSPS) is 41.6. The van der Waals surface area contributed by atoms with Crippen LogP contribution in [0.1, 0.15) is 30.9 Å². The Labute approximate surface area is 109 Å². The molecule has 2 N–H and O–H groups in total. The van der Waals surface area contributed by atoms with Gasteiger partial charge in [-0.2, -0.15) is 0 Å². The second-order valence-electron chi connectivity index (χ2n) is 6.33. The largest absolute Gasteiger partial charge is 0.496 e. The van der Waals surface area contributed by atoms with E-state index in [2.05, 4.69) is 12.1 Å². The third kappa shape index (κ3) is 1.33. The molecule has 3 fully saturated rings. The van der Waals surface area contributed by atoms with E-state index in [1.807, 2.05) is 12.1 Å². The Morgan fingerprint density at radius 3 is 2.50 bits per heavy atom. The Balaban J connectivity index is 1.60. The van der Waals surface area contributed by atoms with E-state index < -0.39 is 0 Å². The maximum absolute atomic E-state index is 6.54. The number of para-hydroxylation sites is 1. The van der Waals surface area contributed by atoms with Crippen molar-refractivity contribution < 1.29 is 4.74 Å². The second-order valence-corrected chi connectivity index (χ2v) is 6.33. The Bertz CT molecular complexity index is 456. The maximum atomic E-state index is 6.54. The lowest BCUT2D eigenvalue weighted by Gasteiger charge is -2.18. The van der Waals surface area contributed by atoms with Gasteiger partial charge in [-0.1, -0.05) is 18.2 Å². The molecule has 0 saturated heterocycles. The van der Waals surface area contributed by atoms with Crippen molar-refractivity contribution in [3.05, 3.63) is 29.8 Å². The van der Waals surface area contributed by atoms with E-state index >= 15 is 0 Å². The van der Waals surface area contributed by atoms with Crippen molar-refractivity contribution in [1.82, 2.24) is 0 Å². The Hall–Kier alpha value is -1.02. The Morgan fingerprint density at radius 2 is 1.83 bits per heavy atom. The minimum absolute atomic E-state index is 0.180. The first kappa shape index (κ1) is 10.9. The molecule has 0 aliphatic heterocycles. The number of methoxy groups -OCH3 is 1. The summed E-state index contributed by atoms with van der Waals surface area (Å²) in [6, 6.07) is 8.44. The van der Waals surface area contributed by atoms with Gasteiger partial charge in [-0.3, -0.25) is 0 Å². The predicted molar refractivity (Wildman–Crippen MR) is 71.2 cm³/mol. The minimum Gasteiger partial charge on any atom is -0.496 e. The van der Waals surface area contributed by atoms with Crippen molar-refractivity contribution >= 4 is 0 Å². The predicted octanol–water partition coefficient (Wildman–Crippen LogP) is 2.99. The summed E-state index contributed by atoms with van der Waals surface area (Å²) in [4.78, 5) is 0. The van der Waals surface area contributed by atoms with Crippen LogP contribution in [0.25, 0.3) is 0 Å². The lowest BCUT2D eigenvalue weighted by atomic mass is 9.93. The molecule has 3 aliphatic carbocycles. The van der Waals surface area contributed by atoms with Crippen molar-refractivity contribution in [3.8, 4) is 5.75 Å². The zero-order valence-electron chi connectivity index (χ0n) is 10.9. The highest BCUT2D eigenvalue weighted by Crippen LogP contribution is 2.72. The Kier molecular flexibility index (Phi) is 2.25. The highest BCUT2D eigenvalue weighted by molar-refractivity contribution is 5.38. The summed E-state index contributed by atoms with van der Waals surface area (Å²) in [5, 5.41) is 0. The highest BCUT2D eigenvalue weighted by atomic mass is 16.5. The van der Waals surface area contributed by atoms with E-state index in [0.717, 1.165) is 35.3 Å². The molecule has 1 aromatic carbocycles. The van der Waals surface area contributed by atoms with E-state index in [-0.39, 0.29) is 6.04 Å². The molecule has 96 valence electrons. The van der Waals surface area contributed by atoms with Crippen molar-refractivity contribution in [2.75, 3.05) is 7.11 Å². The summed E-state index contributed by atoms with van der Waals surface area (Å²) in [6.45, 7) is 0. The van der Waals surface area contributed by atoms with Crippen LogP contribution in [0.15, 0.2) is 24.3 Å².